The minimum absolute atomic E-state index is 0.0343. The van der Waals surface area contributed by atoms with Crippen LogP contribution in [0.25, 0.3) is 21.3 Å². The number of anilines is 3. The quantitative estimate of drug-likeness (QED) is 0.310. The monoisotopic (exact) mass is 502 g/mol. The Labute approximate surface area is 207 Å². The van der Waals surface area contributed by atoms with E-state index in [9.17, 15) is 8.42 Å². The number of fused-ring (bicyclic) bond motifs is 1. The van der Waals surface area contributed by atoms with Crippen LogP contribution in [0.3, 0.4) is 0 Å². The molecule has 35 heavy (non-hydrogen) atoms. The second-order valence-corrected chi connectivity index (χ2v) is 11.0. The summed E-state index contributed by atoms with van der Waals surface area (Å²) in [5.74, 6) is 0.698. The summed E-state index contributed by atoms with van der Waals surface area (Å²) < 4.78 is 27.9. The first-order valence-corrected chi connectivity index (χ1v) is 13.1. The minimum atomic E-state index is -3.82. The number of thiophene rings is 1. The molecule has 5 rings (SSSR count). The molecule has 2 aromatic carbocycles. The fourth-order valence-electron chi connectivity index (χ4n) is 3.74. The van der Waals surface area contributed by atoms with Crippen molar-refractivity contribution in [3.05, 3.63) is 83.3 Å². The Morgan fingerprint density at radius 2 is 1.60 bits per heavy atom. The van der Waals surface area contributed by atoms with E-state index in [4.69, 9.17) is 0 Å². The van der Waals surface area contributed by atoms with Crippen molar-refractivity contribution >= 4 is 49.0 Å². The van der Waals surface area contributed by atoms with Crippen LogP contribution in [0.2, 0.25) is 0 Å². The first-order valence-electron chi connectivity index (χ1n) is 10.8. The van der Waals surface area contributed by atoms with Gasteiger partial charge in [0.2, 0.25) is 5.95 Å². The van der Waals surface area contributed by atoms with Crippen molar-refractivity contribution in [1.29, 1.82) is 0 Å². The molecule has 0 spiro atoms. The number of hydrogen-bond acceptors (Lipinski definition) is 8. The van der Waals surface area contributed by atoms with Gasteiger partial charge in [-0.2, -0.15) is 0 Å². The van der Waals surface area contributed by atoms with E-state index in [1.165, 1.54) is 30.2 Å². The number of nitrogens with zero attached hydrogens (tertiary/aromatic N) is 4. The number of rotatable bonds is 6. The average Bonchev–Trinajstić information content (AvgIpc) is 3.16. The van der Waals surface area contributed by atoms with Crippen molar-refractivity contribution in [1.82, 2.24) is 19.9 Å². The summed E-state index contributed by atoms with van der Waals surface area (Å²) in [5, 5.41) is 4.27. The zero-order valence-electron chi connectivity index (χ0n) is 19.3. The molecule has 176 valence electrons. The lowest BCUT2D eigenvalue weighted by Gasteiger charge is -2.11. The Morgan fingerprint density at radius 3 is 2.31 bits per heavy atom. The Morgan fingerprint density at radius 1 is 0.857 bits per heavy atom. The molecule has 0 saturated heterocycles. The summed E-state index contributed by atoms with van der Waals surface area (Å²) >= 11 is 1.62. The van der Waals surface area contributed by atoms with Crippen LogP contribution in [-0.2, 0) is 10.0 Å². The van der Waals surface area contributed by atoms with Gasteiger partial charge in [-0.15, -0.1) is 11.3 Å². The van der Waals surface area contributed by atoms with Crippen LogP contribution in [0.5, 0.6) is 0 Å². The molecule has 0 unspecified atom stereocenters. The van der Waals surface area contributed by atoms with Crippen LogP contribution in [0.15, 0.2) is 72.0 Å². The van der Waals surface area contributed by atoms with Crippen molar-refractivity contribution in [3.63, 3.8) is 0 Å². The molecule has 0 aliphatic carbocycles. The second kappa shape index (κ2) is 9.05. The molecule has 2 N–H and O–H groups in total. The van der Waals surface area contributed by atoms with Crippen molar-refractivity contribution in [2.75, 3.05) is 10.0 Å². The standard InChI is InChI=1S/C25H22N6O2S2/c1-15-4-6-18(7-5-15)21-17(3)34-24-22(21)23(27-14-28-24)30-19-8-10-20(11-9-19)35(32,33)31-25-26-13-12-16(2)29-25/h4-14H,1-3H3,(H,26,29,31)(H,27,28,30). The van der Waals surface area contributed by atoms with Gasteiger partial charge in [0.05, 0.1) is 10.3 Å². The van der Waals surface area contributed by atoms with Gasteiger partial charge in [-0.25, -0.2) is 33.1 Å². The van der Waals surface area contributed by atoms with Crippen LogP contribution in [0.4, 0.5) is 17.5 Å². The van der Waals surface area contributed by atoms with Crippen LogP contribution in [0, 0.1) is 20.8 Å². The van der Waals surface area contributed by atoms with Gasteiger partial charge in [0.1, 0.15) is 17.0 Å². The van der Waals surface area contributed by atoms with E-state index in [1.807, 2.05) is 0 Å². The number of aromatic nitrogens is 4. The van der Waals surface area contributed by atoms with Gasteiger partial charge in [-0.05, 0) is 56.7 Å². The van der Waals surface area contributed by atoms with Gasteiger partial charge in [0.25, 0.3) is 10.0 Å². The maximum absolute atomic E-state index is 12.8. The van der Waals surface area contributed by atoms with E-state index in [0.717, 1.165) is 26.2 Å². The molecule has 0 radical (unpaired) electrons. The molecule has 5 aromatic rings. The van der Waals surface area contributed by atoms with Crippen molar-refractivity contribution in [2.24, 2.45) is 0 Å². The number of benzene rings is 2. The summed E-state index contributed by atoms with van der Waals surface area (Å²) in [6.07, 6.45) is 3.04. The Bertz CT molecular complexity index is 1630. The molecule has 0 saturated carbocycles. The van der Waals surface area contributed by atoms with Gasteiger partial charge in [-0.3, -0.25) is 0 Å². The Hall–Kier alpha value is -3.89. The highest BCUT2D eigenvalue weighted by molar-refractivity contribution is 7.92. The Kier molecular flexibility index (Phi) is 5.91. The van der Waals surface area contributed by atoms with E-state index < -0.39 is 10.0 Å². The third-order valence-corrected chi connectivity index (χ3v) is 7.81. The fourth-order valence-corrected chi connectivity index (χ4v) is 5.70. The first kappa shape index (κ1) is 22.9. The third kappa shape index (κ3) is 4.71. The van der Waals surface area contributed by atoms with E-state index in [2.05, 4.69) is 68.1 Å². The summed E-state index contributed by atoms with van der Waals surface area (Å²) in [7, 11) is -3.82. The summed E-state index contributed by atoms with van der Waals surface area (Å²) in [6, 6.07) is 16.5. The summed E-state index contributed by atoms with van der Waals surface area (Å²) in [6.45, 7) is 5.91. The van der Waals surface area contributed by atoms with E-state index in [-0.39, 0.29) is 10.8 Å². The molecule has 3 heterocycles. The van der Waals surface area contributed by atoms with Gasteiger partial charge in [0, 0.05) is 28.0 Å². The lowest BCUT2D eigenvalue weighted by atomic mass is 10.0. The predicted octanol–water partition coefficient (Wildman–Crippen LogP) is 5.62. The van der Waals surface area contributed by atoms with E-state index in [0.29, 0.717) is 17.2 Å². The first-order chi connectivity index (χ1) is 16.8. The molecule has 3 aromatic heterocycles. The van der Waals surface area contributed by atoms with E-state index >= 15 is 0 Å². The lowest BCUT2D eigenvalue weighted by molar-refractivity contribution is 0.601. The highest BCUT2D eigenvalue weighted by Crippen LogP contribution is 2.41. The zero-order chi connectivity index (χ0) is 24.6. The zero-order valence-corrected chi connectivity index (χ0v) is 20.9. The molecule has 0 amide bonds. The SMILES string of the molecule is Cc1ccc(-c2c(C)sc3ncnc(Nc4ccc(S(=O)(=O)Nc5nccc(C)n5)cc4)c23)cc1. The molecule has 0 fully saturated rings. The molecule has 0 aliphatic rings. The maximum Gasteiger partial charge on any atom is 0.264 e. The third-order valence-electron chi connectivity index (χ3n) is 5.45. The predicted molar refractivity (Wildman–Crippen MR) is 140 cm³/mol. The van der Waals surface area contributed by atoms with E-state index in [1.54, 1.807) is 36.5 Å². The fraction of sp³-hybridized carbons (Fsp3) is 0.120. The van der Waals surface area contributed by atoms with Gasteiger partial charge < -0.3 is 5.32 Å². The number of aryl methyl sites for hydroxylation is 3. The van der Waals surface area contributed by atoms with Crippen LogP contribution in [-0.4, -0.2) is 28.4 Å². The topological polar surface area (TPSA) is 110 Å². The molecular formula is C25H22N6O2S2. The summed E-state index contributed by atoms with van der Waals surface area (Å²) in [4.78, 5) is 19.2. The molecule has 0 atom stereocenters. The minimum Gasteiger partial charge on any atom is -0.340 e. The smallest absolute Gasteiger partial charge is 0.264 e. The molecule has 0 aliphatic heterocycles. The molecule has 10 heteroatoms. The number of nitrogens with one attached hydrogen (secondary N) is 2. The highest BCUT2D eigenvalue weighted by Gasteiger charge is 2.18. The van der Waals surface area contributed by atoms with Gasteiger partial charge in [0.15, 0.2) is 0 Å². The Balaban J connectivity index is 1.45. The second-order valence-electron chi connectivity index (χ2n) is 8.08. The average molecular weight is 503 g/mol. The number of sulfonamides is 1. The lowest BCUT2D eigenvalue weighted by Crippen LogP contribution is -2.15. The summed E-state index contributed by atoms with van der Waals surface area (Å²) in [5.41, 5.74) is 4.76. The van der Waals surface area contributed by atoms with Crippen molar-refractivity contribution in [2.45, 2.75) is 25.7 Å². The van der Waals surface area contributed by atoms with Gasteiger partial charge >= 0.3 is 0 Å². The van der Waals surface area contributed by atoms with Crippen LogP contribution in [0.1, 0.15) is 16.1 Å². The normalized spacial score (nSPS) is 11.5. The molecule has 0 bridgehead atoms. The largest absolute Gasteiger partial charge is 0.340 e. The van der Waals surface area contributed by atoms with Crippen molar-refractivity contribution < 1.29 is 8.42 Å². The maximum atomic E-state index is 12.8. The van der Waals surface area contributed by atoms with Crippen LogP contribution < -0.4 is 10.0 Å². The van der Waals surface area contributed by atoms with Crippen molar-refractivity contribution in [3.8, 4) is 11.1 Å². The number of hydrogen-bond donors (Lipinski definition) is 2. The highest BCUT2D eigenvalue weighted by atomic mass is 32.2. The van der Waals surface area contributed by atoms with Gasteiger partial charge in [-0.1, -0.05) is 29.8 Å². The van der Waals surface area contributed by atoms with Crippen LogP contribution >= 0.6 is 11.3 Å². The molecule has 8 nitrogen and oxygen atoms in total. The molecular weight excluding hydrogens is 480 g/mol.